The molecule has 22 heavy (non-hydrogen) atoms. The summed E-state index contributed by atoms with van der Waals surface area (Å²) in [5, 5.41) is 10.1. The van der Waals surface area contributed by atoms with Crippen LogP contribution < -0.4 is 10.5 Å². The number of rotatable bonds is 6. The van der Waals surface area contributed by atoms with Crippen LogP contribution in [-0.4, -0.2) is 23.7 Å². The number of ether oxygens (including phenoxy) is 1. The molecule has 0 aliphatic carbocycles. The molecule has 1 aromatic carbocycles. The van der Waals surface area contributed by atoms with Crippen LogP contribution in [0.15, 0.2) is 24.3 Å². The second-order valence-electron chi connectivity index (χ2n) is 6.26. The van der Waals surface area contributed by atoms with E-state index in [0.717, 1.165) is 12.1 Å². The highest BCUT2D eigenvalue weighted by Gasteiger charge is 2.44. The quantitative estimate of drug-likeness (QED) is 0.785. The van der Waals surface area contributed by atoms with Crippen LogP contribution in [0.4, 0.5) is 17.6 Å². The third-order valence-electron chi connectivity index (χ3n) is 3.34. The highest BCUT2D eigenvalue weighted by atomic mass is 19.3. The lowest BCUT2D eigenvalue weighted by Crippen LogP contribution is -2.36. The summed E-state index contributed by atoms with van der Waals surface area (Å²) in [6.07, 6.45) is -9.31. The minimum atomic E-state index is -4.58. The van der Waals surface area contributed by atoms with E-state index >= 15 is 0 Å². The summed E-state index contributed by atoms with van der Waals surface area (Å²) < 4.78 is 54.0. The van der Waals surface area contributed by atoms with Crippen LogP contribution in [-0.2, 0) is 0 Å². The number of nitrogens with two attached hydrogens (primary N) is 1. The molecule has 0 aromatic heterocycles. The predicted octanol–water partition coefficient (Wildman–Crippen LogP) is 3.72. The van der Waals surface area contributed by atoms with Gasteiger partial charge in [0.15, 0.2) is 0 Å². The van der Waals surface area contributed by atoms with Crippen molar-refractivity contribution in [1.82, 2.24) is 0 Å². The monoisotopic (exact) mass is 323 g/mol. The lowest BCUT2D eigenvalue weighted by molar-refractivity contribution is -0.253. The van der Waals surface area contributed by atoms with E-state index in [-0.39, 0.29) is 23.4 Å². The van der Waals surface area contributed by atoms with Crippen molar-refractivity contribution in [2.45, 2.75) is 51.9 Å². The molecule has 126 valence electrons. The summed E-state index contributed by atoms with van der Waals surface area (Å²) >= 11 is 0. The summed E-state index contributed by atoms with van der Waals surface area (Å²) in [5.74, 6) is -0.439. The molecule has 7 heteroatoms. The van der Waals surface area contributed by atoms with Gasteiger partial charge < -0.3 is 15.6 Å². The first-order chi connectivity index (χ1) is 9.93. The first-order valence-corrected chi connectivity index (χ1v) is 6.82. The topological polar surface area (TPSA) is 55.5 Å². The van der Waals surface area contributed by atoms with Crippen LogP contribution in [0.3, 0.4) is 0 Å². The predicted molar refractivity (Wildman–Crippen MR) is 75.0 cm³/mol. The molecular weight excluding hydrogens is 302 g/mol. The van der Waals surface area contributed by atoms with Crippen LogP contribution in [0.2, 0.25) is 0 Å². The van der Waals surface area contributed by atoms with Gasteiger partial charge in [-0.25, -0.2) is 0 Å². The number of aliphatic hydroxyl groups is 1. The molecule has 2 atom stereocenters. The third kappa shape index (κ3) is 5.14. The van der Waals surface area contributed by atoms with E-state index in [1.807, 2.05) is 20.8 Å². The fourth-order valence-electron chi connectivity index (χ4n) is 1.72. The van der Waals surface area contributed by atoms with Crippen molar-refractivity contribution in [1.29, 1.82) is 0 Å². The molecule has 0 radical (unpaired) electrons. The fraction of sp³-hybridized carbons (Fsp3) is 0.600. The van der Waals surface area contributed by atoms with Gasteiger partial charge in [-0.2, -0.15) is 17.6 Å². The van der Waals surface area contributed by atoms with Crippen molar-refractivity contribution >= 4 is 0 Å². The molecular formula is C15H21F4NO2. The van der Waals surface area contributed by atoms with E-state index in [9.17, 15) is 22.7 Å². The van der Waals surface area contributed by atoms with E-state index in [4.69, 9.17) is 5.73 Å². The second-order valence-corrected chi connectivity index (χ2v) is 6.26. The minimum Gasteiger partial charge on any atom is -0.428 e. The first-order valence-electron chi connectivity index (χ1n) is 6.82. The molecule has 0 saturated carbocycles. The van der Waals surface area contributed by atoms with Crippen molar-refractivity contribution in [2.75, 3.05) is 0 Å². The summed E-state index contributed by atoms with van der Waals surface area (Å²) in [7, 11) is 0. The number of hydrogen-bond acceptors (Lipinski definition) is 3. The highest BCUT2D eigenvalue weighted by molar-refractivity contribution is 5.30. The molecule has 0 bridgehead atoms. The zero-order valence-corrected chi connectivity index (χ0v) is 12.7. The van der Waals surface area contributed by atoms with Crippen LogP contribution in [0.5, 0.6) is 5.75 Å². The van der Waals surface area contributed by atoms with Crippen LogP contribution in [0.25, 0.3) is 0 Å². The fourth-order valence-corrected chi connectivity index (χ4v) is 1.72. The largest absolute Gasteiger partial charge is 0.461 e. The van der Waals surface area contributed by atoms with E-state index in [1.54, 1.807) is 0 Å². The van der Waals surface area contributed by atoms with Crippen molar-refractivity contribution in [3.63, 3.8) is 0 Å². The number of halogens is 4. The molecule has 0 spiro atoms. The Labute approximate surface area is 127 Å². The van der Waals surface area contributed by atoms with Gasteiger partial charge in [0.2, 0.25) is 0 Å². The van der Waals surface area contributed by atoms with Gasteiger partial charge in [-0.3, -0.25) is 0 Å². The van der Waals surface area contributed by atoms with Gasteiger partial charge in [0.1, 0.15) is 5.75 Å². The maximum absolute atomic E-state index is 12.9. The van der Waals surface area contributed by atoms with Crippen LogP contribution in [0.1, 0.15) is 38.9 Å². The molecule has 0 fully saturated rings. The Balaban J connectivity index is 2.84. The summed E-state index contributed by atoms with van der Waals surface area (Å²) in [4.78, 5) is 0. The molecule has 0 amide bonds. The molecule has 0 aliphatic heterocycles. The van der Waals surface area contributed by atoms with Crippen molar-refractivity contribution < 1.29 is 27.4 Å². The highest BCUT2D eigenvalue weighted by Crippen LogP contribution is 2.31. The summed E-state index contributed by atoms with van der Waals surface area (Å²) in [5.41, 5.74) is 6.00. The molecule has 1 aromatic rings. The SMILES string of the molecule is CC(C)(C)[C@@H](N)C[C@@H](O)c1cccc(OC(F)(F)C(F)F)c1. The number of aliphatic hydroxyl groups excluding tert-OH is 1. The lowest BCUT2D eigenvalue weighted by Gasteiger charge is -2.29. The summed E-state index contributed by atoms with van der Waals surface area (Å²) in [6.45, 7) is 5.73. The van der Waals surface area contributed by atoms with Gasteiger partial charge in [-0.05, 0) is 29.5 Å². The average molecular weight is 323 g/mol. The van der Waals surface area contributed by atoms with E-state index < -0.39 is 24.4 Å². The molecule has 0 saturated heterocycles. The average Bonchev–Trinajstić information content (AvgIpc) is 2.37. The number of alkyl halides is 4. The molecule has 1 rings (SSSR count). The number of hydrogen-bond donors (Lipinski definition) is 2. The molecule has 3 N–H and O–H groups in total. The minimum absolute atomic E-state index is 0.207. The molecule has 0 aliphatic rings. The number of benzene rings is 1. The third-order valence-corrected chi connectivity index (χ3v) is 3.34. The zero-order valence-electron chi connectivity index (χ0n) is 12.7. The Morgan fingerprint density at radius 2 is 1.82 bits per heavy atom. The van der Waals surface area contributed by atoms with Gasteiger partial charge in [0.05, 0.1) is 6.10 Å². The van der Waals surface area contributed by atoms with Crippen molar-refractivity contribution in [2.24, 2.45) is 11.1 Å². The first kappa shape index (κ1) is 18.7. The van der Waals surface area contributed by atoms with Crippen LogP contribution >= 0.6 is 0 Å². The Morgan fingerprint density at radius 3 is 2.32 bits per heavy atom. The Bertz CT molecular complexity index is 489. The summed E-state index contributed by atoms with van der Waals surface area (Å²) in [6, 6.07) is 4.74. The Kier molecular flexibility index (Phi) is 5.81. The van der Waals surface area contributed by atoms with Gasteiger partial charge in [0, 0.05) is 6.04 Å². The lowest BCUT2D eigenvalue weighted by atomic mass is 9.83. The molecule has 3 nitrogen and oxygen atoms in total. The van der Waals surface area contributed by atoms with Crippen LogP contribution in [0, 0.1) is 5.41 Å². The van der Waals surface area contributed by atoms with E-state index in [2.05, 4.69) is 4.74 Å². The van der Waals surface area contributed by atoms with E-state index in [1.165, 1.54) is 12.1 Å². The van der Waals surface area contributed by atoms with Gasteiger partial charge >= 0.3 is 12.5 Å². The van der Waals surface area contributed by atoms with Crippen molar-refractivity contribution in [3.05, 3.63) is 29.8 Å². The van der Waals surface area contributed by atoms with Crippen molar-refractivity contribution in [3.8, 4) is 5.75 Å². The normalized spacial score (nSPS) is 15.7. The van der Waals surface area contributed by atoms with Gasteiger partial charge in [-0.1, -0.05) is 32.9 Å². The van der Waals surface area contributed by atoms with E-state index in [0.29, 0.717) is 0 Å². The Hall–Kier alpha value is -1.34. The molecule has 0 heterocycles. The van der Waals surface area contributed by atoms with Gasteiger partial charge in [-0.15, -0.1) is 0 Å². The maximum Gasteiger partial charge on any atom is 0.461 e. The maximum atomic E-state index is 12.9. The smallest absolute Gasteiger partial charge is 0.428 e. The van der Waals surface area contributed by atoms with Gasteiger partial charge in [0.25, 0.3) is 0 Å². The zero-order chi connectivity index (χ0) is 17.1. The standard InChI is InChI=1S/C15H21F4NO2/c1-14(2,3)12(20)8-11(21)9-5-4-6-10(7-9)22-15(18,19)13(16)17/h4-7,11-13,21H,8,20H2,1-3H3/t11-,12+/m1/s1. The second kappa shape index (κ2) is 6.83. The Morgan fingerprint density at radius 1 is 1.23 bits per heavy atom. The molecule has 0 unspecified atom stereocenters.